The van der Waals surface area contributed by atoms with Gasteiger partial charge in [0, 0.05) is 12.0 Å². The molecule has 0 bridgehead atoms. The Morgan fingerprint density at radius 3 is 2.32 bits per heavy atom. The summed E-state index contributed by atoms with van der Waals surface area (Å²) < 4.78 is 10.5. The number of hydrogen-bond donors (Lipinski definition) is 0. The van der Waals surface area contributed by atoms with Crippen molar-refractivity contribution in [1.82, 2.24) is 0 Å². The van der Waals surface area contributed by atoms with Crippen LogP contribution in [0.3, 0.4) is 0 Å². The minimum atomic E-state index is -0.329. The first-order valence-electron chi connectivity index (χ1n) is 7.86. The molecule has 0 heterocycles. The van der Waals surface area contributed by atoms with Crippen molar-refractivity contribution in [2.45, 2.75) is 53.4 Å². The van der Waals surface area contributed by atoms with Crippen LogP contribution in [0, 0.1) is 6.92 Å². The van der Waals surface area contributed by atoms with Gasteiger partial charge in [0.05, 0.1) is 19.6 Å². The van der Waals surface area contributed by atoms with Crippen molar-refractivity contribution in [3.63, 3.8) is 0 Å². The van der Waals surface area contributed by atoms with Gasteiger partial charge in [0.1, 0.15) is 5.75 Å². The molecular weight excluding hydrogens is 280 g/mol. The molecule has 1 rings (SSSR count). The number of Topliss-reactive ketones (excluding diaryl/α,β-unsaturated/α-hetero) is 1. The lowest BCUT2D eigenvalue weighted by atomic mass is 9.91. The molecule has 0 fully saturated rings. The molecule has 4 heteroatoms. The van der Waals surface area contributed by atoms with E-state index < -0.39 is 0 Å². The normalized spacial score (nSPS) is 10.6. The first-order chi connectivity index (χ1) is 10.4. The summed E-state index contributed by atoms with van der Waals surface area (Å²) in [6.45, 7) is 10.6. The molecule has 0 N–H and O–H groups in total. The summed E-state index contributed by atoms with van der Waals surface area (Å²) in [4.78, 5) is 23.9. The third kappa shape index (κ3) is 4.86. The molecule has 0 atom stereocenters. The number of hydrogen-bond acceptors (Lipinski definition) is 4. The third-order valence-corrected chi connectivity index (χ3v) is 3.43. The second-order valence-corrected chi connectivity index (χ2v) is 5.52. The van der Waals surface area contributed by atoms with E-state index >= 15 is 0 Å². The van der Waals surface area contributed by atoms with E-state index in [1.165, 1.54) is 0 Å². The molecule has 0 saturated carbocycles. The molecule has 1 aromatic rings. The topological polar surface area (TPSA) is 52.6 Å². The molecule has 0 aliphatic rings. The maximum atomic E-state index is 12.5. The van der Waals surface area contributed by atoms with E-state index in [2.05, 4.69) is 0 Å². The van der Waals surface area contributed by atoms with Gasteiger partial charge in [-0.25, -0.2) is 0 Å². The van der Waals surface area contributed by atoms with Gasteiger partial charge in [-0.2, -0.15) is 0 Å². The molecule has 4 nitrogen and oxygen atoms in total. The van der Waals surface area contributed by atoms with Crippen molar-refractivity contribution in [3.05, 3.63) is 28.8 Å². The standard InChI is InChI=1S/C18H26O4/c1-6-21-17-11-14(12(3)4)15(10-13(17)5)16(19)8-9-18(20)22-7-2/h10-12H,6-9H2,1-5H3. The molecule has 0 aliphatic heterocycles. The highest BCUT2D eigenvalue weighted by Gasteiger charge is 2.18. The highest BCUT2D eigenvalue weighted by molar-refractivity contribution is 5.99. The Labute approximate surface area is 132 Å². The molecule has 0 saturated heterocycles. The van der Waals surface area contributed by atoms with Gasteiger partial charge in [-0.05, 0) is 49.9 Å². The average molecular weight is 306 g/mol. The Hall–Kier alpha value is -1.84. The smallest absolute Gasteiger partial charge is 0.306 e. The second kappa shape index (κ2) is 8.57. The Kier molecular flexibility index (Phi) is 7.09. The summed E-state index contributed by atoms with van der Waals surface area (Å²) in [6.07, 6.45) is 0.294. The van der Waals surface area contributed by atoms with Crippen LogP contribution in [-0.4, -0.2) is 25.0 Å². The highest BCUT2D eigenvalue weighted by atomic mass is 16.5. The highest BCUT2D eigenvalue weighted by Crippen LogP contribution is 2.29. The Bertz CT molecular complexity index is 532. The van der Waals surface area contributed by atoms with Crippen LogP contribution in [0.15, 0.2) is 12.1 Å². The number of carbonyl (C=O) groups is 2. The zero-order valence-electron chi connectivity index (χ0n) is 14.2. The second-order valence-electron chi connectivity index (χ2n) is 5.52. The molecule has 0 aromatic heterocycles. The molecule has 0 radical (unpaired) electrons. The number of esters is 1. The molecule has 0 unspecified atom stereocenters. The Balaban J connectivity index is 2.99. The first kappa shape index (κ1) is 18.2. The zero-order valence-corrected chi connectivity index (χ0v) is 14.2. The summed E-state index contributed by atoms with van der Waals surface area (Å²) in [5.74, 6) is 0.669. The summed E-state index contributed by atoms with van der Waals surface area (Å²) in [5, 5.41) is 0. The largest absolute Gasteiger partial charge is 0.494 e. The molecular formula is C18H26O4. The van der Waals surface area contributed by atoms with Crippen molar-refractivity contribution in [2.75, 3.05) is 13.2 Å². The van der Waals surface area contributed by atoms with E-state index in [9.17, 15) is 9.59 Å². The van der Waals surface area contributed by atoms with E-state index in [-0.39, 0.29) is 30.5 Å². The third-order valence-electron chi connectivity index (χ3n) is 3.43. The summed E-state index contributed by atoms with van der Waals surface area (Å²) in [6, 6.07) is 3.81. The van der Waals surface area contributed by atoms with Gasteiger partial charge in [-0.3, -0.25) is 9.59 Å². The van der Waals surface area contributed by atoms with E-state index in [0.717, 1.165) is 16.9 Å². The quantitative estimate of drug-likeness (QED) is 0.537. The Morgan fingerprint density at radius 2 is 1.77 bits per heavy atom. The predicted octanol–water partition coefficient (Wildman–Crippen LogP) is 4.04. The first-order valence-corrected chi connectivity index (χ1v) is 7.86. The van der Waals surface area contributed by atoms with Crippen LogP contribution < -0.4 is 4.74 Å². The summed E-state index contributed by atoms with van der Waals surface area (Å²) >= 11 is 0. The fourth-order valence-electron chi connectivity index (χ4n) is 2.32. The van der Waals surface area contributed by atoms with Crippen molar-refractivity contribution in [1.29, 1.82) is 0 Å². The maximum Gasteiger partial charge on any atom is 0.306 e. The van der Waals surface area contributed by atoms with E-state index in [0.29, 0.717) is 18.8 Å². The van der Waals surface area contributed by atoms with Gasteiger partial charge in [0.25, 0.3) is 0 Å². The lowest BCUT2D eigenvalue weighted by Crippen LogP contribution is -2.11. The van der Waals surface area contributed by atoms with Gasteiger partial charge < -0.3 is 9.47 Å². The molecule has 1 aromatic carbocycles. The van der Waals surface area contributed by atoms with E-state index in [1.807, 2.05) is 39.8 Å². The maximum absolute atomic E-state index is 12.5. The van der Waals surface area contributed by atoms with E-state index in [4.69, 9.17) is 9.47 Å². The van der Waals surface area contributed by atoms with Crippen LogP contribution in [0.1, 0.15) is 67.9 Å². The van der Waals surface area contributed by atoms with Crippen LogP contribution in [0.2, 0.25) is 0 Å². The molecule has 122 valence electrons. The SMILES string of the molecule is CCOC(=O)CCC(=O)c1cc(C)c(OCC)cc1C(C)C. The number of benzene rings is 1. The number of rotatable bonds is 8. The summed E-state index contributed by atoms with van der Waals surface area (Å²) in [7, 11) is 0. The molecule has 0 spiro atoms. The van der Waals surface area contributed by atoms with E-state index in [1.54, 1.807) is 6.92 Å². The lowest BCUT2D eigenvalue weighted by Gasteiger charge is -2.16. The lowest BCUT2D eigenvalue weighted by molar-refractivity contribution is -0.143. The number of aryl methyl sites for hydroxylation is 1. The van der Waals surface area contributed by atoms with Gasteiger partial charge >= 0.3 is 5.97 Å². The van der Waals surface area contributed by atoms with Crippen molar-refractivity contribution >= 4 is 11.8 Å². The predicted molar refractivity (Wildman–Crippen MR) is 86.6 cm³/mol. The minimum absolute atomic E-state index is 0.0251. The number of ketones is 1. The van der Waals surface area contributed by atoms with Gasteiger partial charge in [-0.1, -0.05) is 13.8 Å². The van der Waals surface area contributed by atoms with Crippen LogP contribution in [0.4, 0.5) is 0 Å². The van der Waals surface area contributed by atoms with Crippen LogP contribution in [0.5, 0.6) is 5.75 Å². The Morgan fingerprint density at radius 1 is 1.09 bits per heavy atom. The minimum Gasteiger partial charge on any atom is -0.494 e. The number of ether oxygens (including phenoxy) is 2. The molecule has 0 amide bonds. The fraction of sp³-hybridized carbons (Fsp3) is 0.556. The fourth-order valence-corrected chi connectivity index (χ4v) is 2.32. The summed E-state index contributed by atoms with van der Waals surface area (Å²) in [5.41, 5.74) is 2.58. The van der Waals surface area contributed by atoms with Crippen LogP contribution in [-0.2, 0) is 9.53 Å². The van der Waals surface area contributed by atoms with Gasteiger partial charge in [0.2, 0.25) is 0 Å². The van der Waals surface area contributed by atoms with Crippen LogP contribution in [0.25, 0.3) is 0 Å². The molecule has 22 heavy (non-hydrogen) atoms. The average Bonchev–Trinajstić information content (AvgIpc) is 2.46. The van der Waals surface area contributed by atoms with Crippen molar-refractivity contribution in [2.24, 2.45) is 0 Å². The van der Waals surface area contributed by atoms with Gasteiger partial charge in [-0.15, -0.1) is 0 Å². The zero-order chi connectivity index (χ0) is 16.7. The van der Waals surface area contributed by atoms with Crippen molar-refractivity contribution < 1.29 is 19.1 Å². The molecule has 0 aliphatic carbocycles. The number of carbonyl (C=O) groups excluding carboxylic acids is 2. The van der Waals surface area contributed by atoms with Gasteiger partial charge in [0.15, 0.2) is 5.78 Å². The monoisotopic (exact) mass is 306 g/mol. The van der Waals surface area contributed by atoms with Crippen LogP contribution >= 0.6 is 0 Å². The van der Waals surface area contributed by atoms with Crippen molar-refractivity contribution in [3.8, 4) is 5.75 Å².